The summed E-state index contributed by atoms with van der Waals surface area (Å²) in [7, 11) is -2.41. The summed E-state index contributed by atoms with van der Waals surface area (Å²) in [5, 5.41) is 5.24. The van der Waals surface area contributed by atoms with Gasteiger partial charge in [0, 0.05) is 5.69 Å². The first-order valence-corrected chi connectivity index (χ1v) is 9.81. The Balaban J connectivity index is 1.67. The molecule has 1 atom stereocenters. The van der Waals surface area contributed by atoms with E-state index in [0.29, 0.717) is 22.9 Å². The van der Waals surface area contributed by atoms with Crippen LogP contribution in [-0.2, 0) is 19.6 Å². The van der Waals surface area contributed by atoms with Gasteiger partial charge in [-0.05, 0) is 49.4 Å². The number of nitrogens with one attached hydrogen (secondary N) is 3. The Kier molecular flexibility index (Phi) is 5.52. The summed E-state index contributed by atoms with van der Waals surface area (Å²) < 4.78 is 37.4. The molecule has 0 spiro atoms. The zero-order chi connectivity index (χ0) is 20.3. The van der Waals surface area contributed by atoms with Gasteiger partial charge in [-0.3, -0.25) is 9.59 Å². The minimum atomic E-state index is -3.89. The van der Waals surface area contributed by atoms with E-state index in [1.54, 1.807) is 12.1 Å². The molecule has 0 aliphatic carbocycles. The number of anilines is 2. The number of sulfonamides is 1. The number of ether oxygens (including phenoxy) is 2. The summed E-state index contributed by atoms with van der Waals surface area (Å²) in [4.78, 5) is 23.8. The molecule has 3 N–H and O–H groups in total. The van der Waals surface area contributed by atoms with Gasteiger partial charge in [0.25, 0.3) is 5.91 Å². The minimum Gasteiger partial charge on any atom is -0.497 e. The first-order valence-electron chi connectivity index (χ1n) is 8.32. The van der Waals surface area contributed by atoms with Gasteiger partial charge in [0.1, 0.15) is 11.5 Å². The Morgan fingerprint density at radius 1 is 1.21 bits per heavy atom. The van der Waals surface area contributed by atoms with Crippen molar-refractivity contribution >= 4 is 33.2 Å². The van der Waals surface area contributed by atoms with E-state index in [9.17, 15) is 18.0 Å². The number of hydrogen-bond acceptors (Lipinski definition) is 6. The number of fused-ring (bicyclic) bond motifs is 1. The quantitative estimate of drug-likeness (QED) is 0.666. The molecule has 0 saturated heterocycles. The van der Waals surface area contributed by atoms with Crippen molar-refractivity contribution in [2.24, 2.45) is 0 Å². The van der Waals surface area contributed by atoms with Crippen molar-refractivity contribution in [1.29, 1.82) is 0 Å². The molecule has 9 nitrogen and oxygen atoms in total. The second kappa shape index (κ2) is 7.87. The van der Waals surface area contributed by atoms with Crippen molar-refractivity contribution in [3.05, 3.63) is 42.5 Å². The van der Waals surface area contributed by atoms with Crippen LogP contribution in [0.2, 0.25) is 0 Å². The lowest BCUT2D eigenvalue weighted by atomic mass is 10.2. The summed E-state index contributed by atoms with van der Waals surface area (Å²) in [6.07, 6.45) is 0. The fourth-order valence-electron chi connectivity index (χ4n) is 2.52. The number of amides is 2. The molecule has 0 radical (unpaired) electrons. The van der Waals surface area contributed by atoms with Crippen LogP contribution >= 0.6 is 0 Å². The summed E-state index contributed by atoms with van der Waals surface area (Å²) in [5.74, 6) is 0.163. The fourth-order valence-corrected chi connectivity index (χ4v) is 3.72. The second-order valence-electron chi connectivity index (χ2n) is 6.06. The minimum absolute atomic E-state index is 0.0154. The normalized spacial score (nSPS) is 14.3. The van der Waals surface area contributed by atoms with Crippen LogP contribution in [0.4, 0.5) is 11.4 Å². The molecule has 3 rings (SSSR count). The molecule has 28 heavy (non-hydrogen) atoms. The van der Waals surface area contributed by atoms with Gasteiger partial charge < -0.3 is 20.1 Å². The lowest BCUT2D eigenvalue weighted by molar-refractivity contribution is -0.118. The number of carbonyl (C=O) groups is 2. The third kappa shape index (κ3) is 4.41. The zero-order valence-corrected chi connectivity index (χ0v) is 16.0. The van der Waals surface area contributed by atoms with Crippen molar-refractivity contribution in [3.8, 4) is 11.5 Å². The monoisotopic (exact) mass is 405 g/mol. The molecule has 1 heterocycles. The molecule has 0 fully saturated rings. The lowest BCUT2D eigenvalue weighted by Gasteiger charge is -2.19. The van der Waals surface area contributed by atoms with E-state index < -0.39 is 22.0 Å². The highest BCUT2D eigenvalue weighted by atomic mass is 32.2. The molecule has 2 amide bonds. The summed E-state index contributed by atoms with van der Waals surface area (Å²) in [6.45, 7) is 1.36. The highest BCUT2D eigenvalue weighted by Gasteiger charge is 2.23. The molecule has 0 unspecified atom stereocenters. The van der Waals surface area contributed by atoms with Gasteiger partial charge in [-0.25, -0.2) is 8.42 Å². The van der Waals surface area contributed by atoms with E-state index >= 15 is 0 Å². The Hall–Kier alpha value is -3.11. The molecule has 0 aromatic heterocycles. The SMILES string of the molecule is COc1ccc(S(=O)(=O)N[C@@H](C)C(=O)Nc2ccc3c(c2)NC(=O)CO3)cc1. The largest absolute Gasteiger partial charge is 0.497 e. The molecule has 2 aromatic carbocycles. The number of carbonyl (C=O) groups excluding carboxylic acids is 2. The molecule has 1 aliphatic heterocycles. The molecule has 0 saturated carbocycles. The van der Waals surface area contributed by atoms with Crippen LogP contribution in [-0.4, -0.2) is 40.0 Å². The van der Waals surface area contributed by atoms with E-state index in [1.165, 1.54) is 44.4 Å². The molecular formula is C18H19N3O6S. The maximum Gasteiger partial charge on any atom is 0.262 e. The van der Waals surface area contributed by atoms with Crippen LogP contribution in [0, 0.1) is 0 Å². The van der Waals surface area contributed by atoms with E-state index in [2.05, 4.69) is 15.4 Å². The number of benzene rings is 2. The predicted molar refractivity (Wildman–Crippen MR) is 102 cm³/mol. The van der Waals surface area contributed by atoms with Gasteiger partial charge in [0.05, 0.1) is 23.7 Å². The molecule has 2 aromatic rings. The van der Waals surface area contributed by atoms with Crippen molar-refractivity contribution < 1.29 is 27.5 Å². The van der Waals surface area contributed by atoms with Gasteiger partial charge in [-0.15, -0.1) is 0 Å². The Bertz CT molecular complexity index is 1000. The van der Waals surface area contributed by atoms with Gasteiger partial charge in [0.2, 0.25) is 15.9 Å². The standard InChI is InChI=1S/C18H19N3O6S/c1-11(21-28(24,25)14-6-4-13(26-2)5-7-14)18(23)19-12-3-8-16-15(9-12)20-17(22)10-27-16/h3-9,11,21H,10H2,1-2H3,(H,19,23)(H,20,22)/t11-/m0/s1. The van der Waals surface area contributed by atoms with Gasteiger partial charge >= 0.3 is 0 Å². The Morgan fingerprint density at radius 3 is 2.61 bits per heavy atom. The average molecular weight is 405 g/mol. The summed E-state index contributed by atoms with van der Waals surface area (Å²) >= 11 is 0. The number of rotatable bonds is 6. The molecule has 1 aliphatic rings. The van der Waals surface area contributed by atoms with E-state index in [0.717, 1.165) is 0 Å². The van der Waals surface area contributed by atoms with Gasteiger partial charge in [0.15, 0.2) is 6.61 Å². The third-order valence-corrected chi connectivity index (χ3v) is 5.53. The maximum absolute atomic E-state index is 12.4. The van der Waals surface area contributed by atoms with Crippen LogP contribution in [0.1, 0.15) is 6.92 Å². The van der Waals surface area contributed by atoms with E-state index in [4.69, 9.17) is 9.47 Å². The third-order valence-electron chi connectivity index (χ3n) is 3.97. The Labute approximate surface area is 162 Å². The zero-order valence-electron chi connectivity index (χ0n) is 15.2. The first kappa shape index (κ1) is 19.6. The summed E-state index contributed by atoms with van der Waals surface area (Å²) in [6, 6.07) is 9.51. The van der Waals surface area contributed by atoms with Crippen LogP contribution in [0.25, 0.3) is 0 Å². The van der Waals surface area contributed by atoms with Crippen LogP contribution in [0.3, 0.4) is 0 Å². The van der Waals surface area contributed by atoms with Gasteiger partial charge in [-0.2, -0.15) is 4.72 Å². The van der Waals surface area contributed by atoms with Crippen molar-refractivity contribution in [2.75, 3.05) is 24.4 Å². The first-order chi connectivity index (χ1) is 13.3. The fraction of sp³-hybridized carbons (Fsp3) is 0.222. The highest BCUT2D eigenvalue weighted by Crippen LogP contribution is 2.30. The van der Waals surface area contributed by atoms with Crippen molar-refractivity contribution in [1.82, 2.24) is 4.72 Å². The van der Waals surface area contributed by atoms with E-state index in [-0.39, 0.29) is 17.4 Å². The summed E-state index contributed by atoms with van der Waals surface area (Å²) in [5.41, 5.74) is 0.825. The number of hydrogen-bond donors (Lipinski definition) is 3. The lowest BCUT2D eigenvalue weighted by Crippen LogP contribution is -2.41. The number of methoxy groups -OCH3 is 1. The average Bonchev–Trinajstić information content (AvgIpc) is 2.67. The Morgan fingerprint density at radius 2 is 1.93 bits per heavy atom. The van der Waals surface area contributed by atoms with Crippen LogP contribution in [0.5, 0.6) is 11.5 Å². The smallest absolute Gasteiger partial charge is 0.262 e. The van der Waals surface area contributed by atoms with Crippen LogP contribution < -0.4 is 24.8 Å². The second-order valence-corrected chi connectivity index (χ2v) is 7.77. The van der Waals surface area contributed by atoms with Crippen molar-refractivity contribution in [3.63, 3.8) is 0 Å². The van der Waals surface area contributed by atoms with Crippen molar-refractivity contribution in [2.45, 2.75) is 17.9 Å². The molecule has 148 valence electrons. The molecule has 10 heteroatoms. The maximum atomic E-state index is 12.4. The van der Waals surface area contributed by atoms with Gasteiger partial charge in [-0.1, -0.05) is 0 Å². The molecular weight excluding hydrogens is 386 g/mol. The molecule has 0 bridgehead atoms. The predicted octanol–water partition coefficient (Wildman–Crippen LogP) is 1.33. The topological polar surface area (TPSA) is 123 Å². The highest BCUT2D eigenvalue weighted by molar-refractivity contribution is 7.89. The van der Waals surface area contributed by atoms with Crippen LogP contribution in [0.15, 0.2) is 47.4 Å². The van der Waals surface area contributed by atoms with E-state index in [1.807, 2.05) is 0 Å².